The highest BCUT2D eigenvalue weighted by atomic mass is 16.6. The molecule has 1 unspecified atom stereocenters. The van der Waals surface area contributed by atoms with E-state index in [1.165, 1.54) is 12.5 Å². The Hall–Kier alpha value is -2.21. The maximum Gasteiger partial charge on any atom is 0.279 e. The molecule has 1 N–H and O–H groups in total. The van der Waals surface area contributed by atoms with Crippen molar-refractivity contribution in [2.24, 2.45) is 5.92 Å². The maximum atomic E-state index is 11.0. The molecule has 0 amide bonds. The summed E-state index contributed by atoms with van der Waals surface area (Å²) in [6, 6.07) is 6.52. The van der Waals surface area contributed by atoms with E-state index >= 15 is 0 Å². The lowest BCUT2D eigenvalue weighted by Crippen LogP contribution is -2.11. The number of pyridine rings is 1. The molecular weight excluding hydrogens is 270 g/mol. The van der Waals surface area contributed by atoms with Crippen LogP contribution >= 0.6 is 0 Å². The van der Waals surface area contributed by atoms with E-state index in [-0.39, 0.29) is 5.69 Å². The van der Waals surface area contributed by atoms with Crippen LogP contribution in [0, 0.1) is 16.0 Å². The summed E-state index contributed by atoms with van der Waals surface area (Å²) in [7, 11) is 0. The highest BCUT2D eigenvalue weighted by molar-refractivity contribution is 5.92. The van der Waals surface area contributed by atoms with Gasteiger partial charge in [-0.25, -0.2) is 0 Å². The fourth-order valence-electron chi connectivity index (χ4n) is 2.70. The van der Waals surface area contributed by atoms with Crippen LogP contribution in [0.3, 0.4) is 0 Å². The number of nitrogens with zero attached hydrogens (tertiary/aromatic N) is 2. The summed E-state index contributed by atoms with van der Waals surface area (Å²) >= 11 is 0. The minimum absolute atomic E-state index is 0.0606. The third kappa shape index (κ3) is 2.95. The van der Waals surface area contributed by atoms with Crippen molar-refractivity contribution in [2.75, 3.05) is 19.7 Å². The summed E-state index contributed by atoms with van der Waals surface area (Å²) in [5.74, 6) is 1.27. The molecule has 2 heterocycles. The van der Waals surface area contributed by atoms with Gasteiger partial charge in [-0.05, 0) is 50.0 Å². The molecule has 0 spiro atoms. The van der Waals surface area contributed by atoms with Crippen molar-refractivity contribution in [1.82, 2.24) is 10.3 Å². The standard InChI is InChI=1S/C15H17N3O3/c19-18(20)13-3-4-14(15-12(13)2-1-7-17-15)21-9-6-11-5-8-16-10-11/h1-4,7,11,16H,5-6,8-10H2. The van der Waals surface area contributed by atoms with Gasteiger partial charge in [0.2, 0.25) is 0 Å². The Morgan fingerprint density at radius 2 is 2.33 bits per heavy atom. The van der Waals surface area contributed by atoms with Crippen molar-refractivity contribution in [3.05, 3.63) is 40.6 Å². The predicted molar refractivity (Wildman–Crippen MR) is 79.5 cm³/mol. The molecule has 1 aliphatic heterocycles. The molecule has 6 nitrogen and oxygen atoms in total. The molecule has 0 aliphatic carbocycles. The van der Waals surface area contributed by atoms with E-state index in [0.29, 0.717) is 29.2 Å². The van der Waals surface area contributed by atoms with Crippen LogP contribution in [-0.2, 0) is 0 Å². The first kappa shape index (κ1) is 13.8. The number of nitrogens with one attached hydrogen (secondary N) is 1. The van der Waals surface area contributed by atoms with E-state index in [9.17, 15) is 10.1 Å². The van der Waals surface area contributed by atoms with Crippen molar-refractivity contribution in [1.29, 1.82) is 0 Å². The SMILES string of the molecule is O=[N+]([O-])c1ccc(OCCC2CCNC2)c2ncccc12. The number of non-ortho nitro benzene ring substituents is 1. The van der Waals surface area contributed by atoms with Crippen LogP contribution in [0.4, 0.5) is 5.69 Å². The molecule has 0 bridgehead atoms. The van der Waals surface area contributed by atoms with E-state index in [1.54, 1.807) is 24.4 Å². The van der Waals surface area contributed by atoms with Gasteiger partial charge in [-0.3, -0.25) is 15.1 Å². The first-order chi connectivity index (χ1) is 10.3. The third-order valence-electron chi connectivity index (χ3n) is 3.85. The van der Waals surface area contributed by atoms with E-state index < -0.39 is 4.92 Å². The molecule has 1 atom stereocenters. The number of hydrogen-bond donors (Lipinski definition) is 1. The van der Waals surface area contributed by atoms with E-state index in [2.05, 4.69) is 10.3 Å². The Labute approximate surface area is 122 Å². The zero-order valence-electron chi connectivity index (χ0n) is 11.6. The highest BCUT2D eigenvalue weighted by Gasteiger charge is 2.17. The summed E-state index contributed by atoms with van der Waals surface area (Å²) in [6.45, 7) is 2.73. The van der Waals surface area contributed by atoms with E-state index in [4.69, 9.17) is 4.74 Å². The van der Waals surface area contributed by atoms with Gasteiger partial charge in [0.05, 0.1) is 16.9 Å². The lowest BCUT2D eigenvalue weighted by atomic mass is 10.1. The van der Waals surface area contributed by atoms with Gasteiger partial charge in [-0.2, -0.15) is 0 Å². The van der Waals surface area contributed by atoms with Crippen molar-refractivity contribution in [3.8, 4) is 5.75 Å². The lowest BCUT2D eigenvalue weighted by Gasteiger charge is -2.11. The Kier molecular flexibility index (Phi) is 3.96. The second-order valence-electron chi connectivity index (χ2n) is 5.24. The Bertz CT molecular complexity index is 654. The van der Waals surface area contributed by atoms with Gasteiger partial charge in [-0.15, -0.1) is 0 Å². The lowest BCUT2D eigenvalue weighted by molar-refractivity contribution is -0.383. The summed E-state index contributed by atoms with van der Waals surface area (Å²) in [4.78, 5) is 14.9. The van der Waals surface area contributed by atoms with Gasteiger partial charge < -0.3 is 10.1 Å². The number of nitro benzene ring substituents is 1. The molecular formula is C15H17N3O3. The van der Waals surface area contributed by atoms with Gasteiger partial charge in [-0.1, -0.05) is 0 Å². The van der Waals surface area contributed by atoms with Crippen LogP contribution in [0.5, 0.6) is 5.75 Å². The molecule has 1 aromatic carbocycles. The van der Waals surface area contributed by atoms with Crippen LogP contribution in [-0.4, -0.2) is 29.6 Å². The van der Waals surface area contributed by atoms with Crippen LogP contribution in [0.25, 0.3) is 10.9 Å². The van der Waals surface area contributed by atoms with Crippen LogP contribution in [0.2, 0.25) is 0 Å². The van der Waals surface area contributed by atoms with Gasteiger partial charge in [0.15, 0.2) is 0 Å². The number of hydrogen-bond acceptors (Lipinski definition) is 5. The zero-order valence-corrected chi connectivity index (χ0v) is 11.6. The normalized spacial score (nSPS) is 18.0. The topological polar surface area (TPSA) is 77.3 Å². The Morgan fingerprint density at radius 3 is 3.10 bits per heavy atom. The fraction of sp³-hybridized carbons (Fsp3) is 0.400. The Balaban J connectivity index is 1.79. The Morgan fingerprint density at radius 1 is 1.43 bits per heavy atom. The van der Waals surface area contributed by atoms with Gasteiger partial charge in [0.25, 0.3) is 5.69 Å². The maximum absolute atomic E-state index is 11.0. The van der Waals surface area contributed by atoms with Crippen LogP contribution in [0.1, 0.15) is 12.8 Å². The summed E-state index contributed by atoms with van der Waals surface area (Å²) in [5, 5.41) is 14.9. The third-order valence-corrected chi connectivity index (χ3v) is 3.85. The second kappa shape index (κ2) is 6.05. The first-order valence-electron chi connectivity index (χ1n) is 7.11. The summed E-state index contributed by atoms with van der Waals surface area (Å²) < 4.78 is 5.80. The average molecular weight is 287 g/mol. The molecule has 1 aliphatic rings. The number of rotatable bonds is 5. The molecule has 0 radical (unpaired) electrons. The number of nitro groups is 1. The van der Waals surface area contributed by atoms with E-state index in [1.807, 2.05) is 0 Å². The van der Waals surface area contributed by atoms with Gasteiger partial charge in [0.1, 0.15) is 11.3 Å². The van der Waals surface area contributed by atoms with Gasteiger partial charge >= 0.3 is 0 Å². The molecule has 0 saturated carbocycles. The van der Waals surface area contributed by atoms with Crippen molar-refractivity contribution in [2.45, 2.75) is 12.8 Å². The van der Waals surface area contributed by atoms with Gasteiger partial charge in [0, 0.05) is 12.3 Å². The minimum Gasteiger partial charge on any atom is -0.491 e. The molecule has 3 rings (SSSR count). The zero-order chi connectivity index (χ0) is 14.7. The quantitative estimate of drug-likeness (QED) is 0.675. The number of benzene rings is 1. The number of fused-ring (bicyclic) bond motifs is 1. The monoisotopic (exact) mass is 287 g/mol. The molecule has 6 heteroatoms. The van der Waals surface area contributed by atoms with Crippen LogP contribution < -0.4 is 10.1 Å². The highest BCUT2D eigenvalue weighted by Crippen LogP contribution is 2.31. The fourth-order valence-corrected chi connectivity index (χ4v) is 2.70. The number of aromatic nitrogens is 1. The van der Waals surface area contributed by atoms with Crippen molar-refractivity contribution in [3.63, 3.8) is 0 Å². The molecule has 1 aromatic heterocycles. The molecule has 1 saturated heterocycles. The van der Waals surface area contributed by atoms with Crippen molar-refractivity contribution < 1.29 is 9.66 Å². The first-order valence-corrected chi connectivity index (χ1v) is 7.11. The molecule has 110 valence electrons. The molecule has 1 fully saturated rings. The predicted octanol–water partition coefficient (Wildman–Crippen LogP) is 2.52. The van der Waals surface area contributed by atoms with E-state index in [0.717, 1.165) is 19.5 Å². The summed E-state index contributed by atoms with van der Waals surface area (Å²) in [5.41, 5.74) is 0.613. The minimum atomic E-state index is -0.391. The smallest absolute Gasteiger partial charge is 0.279 e. The summed E-state index contributed by atoms with van der Waals surface area (Å²) in [6.07, 6.45) is 3.79. The van der Waals surface area contributed by atoms with Crippen molar-refractivity contribution >= 4 is 16.6 Å². The second-order valence-corrected chi connectivity index (χ2v) is 5.24. The molecule has 21 heavy (non-hydrogen) atoms. The van der Waals surface area contributed by atoms with Crippen LogP contribution in [0.15, 0.2) is 30.5 Å². The molecule has 2 aromatic rings. The largest absolute Gasteiger partial charge is 0.491 e. The average Bonchev–Trinajstić information content (AvgIpc) is 3.00. The number of ether oxygens (including phenoxy) is 1.